The molecule has 0 aromatic heterocycles. The first-order valence-corrected chi connectivity index (χ1v) is 9.61. The lowest BCUT2D eigenvalue weighted by atomic mass is 10.0. The normalized spacial score (nSPS) is 19.2. The summed E-state index contributed by atoms with van der Waals surface area (Å²) in [6.07, 6.45) is 1.49. The van der Waals surface area contributed by atoms with Gasteiger partial charge in [0, 0.05) is 24.8 Å². The third-order valence-corrected chi connectivity index (χ3v) is 5.08. The smallest absolute Gasteiger partial charge is 0.315 e. The van der Waals surface area contributed by atoms with Crippen LogP contribution in [0.2, 0.25) is 0 Å². The van der Waals surface area contributed by atoms with E-state index in [1.165, 1.54) is 12.1 Å². The average Bonchev–Trinajstić information content (AvgIpc) is 2.73. The van der Waals surface area contributed by atoms with Crippen molar-refractivity contribution in [3.05, 3.63) is 54.3 Å². The molecule has 4 rings (SSSR count). The molecule has 0 aliphatic carbocycles. The second kappa shape index (κ2) is 8.37. The van der Waals surface area contributed by atoms with Gasteiger partial charge in [0.25, 0.3) is 0 Å². The van der Waals surface area contributed by atoms with E-state index in [1.807, 2.05) is 24.3 Å². The zero-order valence-corrected chi connectivity index (χ0v) is 15.6. The molecule has 2 amide bonds. The Morgan fingerprint density at radius 3 is 2.54 bits per heavy atom. The van der Waals surface area contributed by atoms with E-state index in [-0.39, 0.29) is 24.0 Å². The first-order valence-electron chi connectivity index (χ1n) is 9.61. The van der Waals surface area contributed by atoms with Crippen LogP contribution in [0.15, 0.2) is 48.5 Å². The quantitative estimate of drug-likeness (QED) is 0.850. The lowest BCUT2D eigenvalue weighted by Crippen LogP contribution is -2.50. The minimum absolute atomic E-state index is 0.126. The fourth-order valence-corrected chi connectivity index (χ4v) is 3.54. The van der Waals surface area contributed by atoms with Crippen molar-refractivity contribution in [3.8, 4) is 11.5 Å². The minimum atomic E-state index is -0.229. The highest BCUT2D eigenvalue weighted by Gasteiger charge is 2.23. The topological polar surface area (TPSA) is 62.8 Å². The number of hydrogen-bond donors (Lipinski definition) is 2. The summed E-state index contributed by atoms with van der Waals surface area (Å²) in [6.45, 7) is 2.45. The van der Waals surface area contributed by atoms with Gasteiger partial charge in [0.2, 0.25) is 0 Å². The summed E-state index contributed by atoms with van der Waals surface area (Å²) in [5.74, 6) is 1.21. The molecule has 2 heterocycles. The summed E-state index contributed by atoms with van der Waals surface area (Å²) < 4.78 is 24.5. The number of fused-ring (bicyclic) bond motifs is 1. The van der Waals surface area contributed by atoms with Gasteiger partial charge in [-0.15, -0.1) is 0 Å². The molecule has 7 heteroatoms. The molecule has 0 bridgehead atoms. The standard InChI is InChI=1S/C21H24FN3O3/c22-15-5-7-17(8-6-15)25-11-9-16(10-12-25)24-21(26)23-13-18-14-27-19-3-1-2-4-20(19)28-18/h1-8,16,18H,9-14H2,(H2,23,24,26). The number of rotatable bonds is 4. The Kier molecular flexibility index (Phi) is 5.50. The van der Waals surface area contributed by atoms with Crippen molar-refractivity contribution in [2.24, 2.45) is 0 Å². The number of anilines is 1. The van der Waals surface area contributed by atoms with E-state index in [0.29, 0.717) is 18.9 Å². The number of nitrogens with one attached hydrogen (secondary N) is 2. The fraction of sp³-hybridized carbons (Fsp3) is 0.381. The van der Waals surface area contributed by atoms with Crippen LogP contribution in [-0.2, 0) is 0 Å². The Balaban J connectivity index is 1.19. The van der Waals surface area contributed by atoms with Crippen LogP contribution >= 0.6 is 0 Å². The highest BCUT2D eigenvalue weighted by atomic mass is 19.1. The summed E-state index contributed by atoms with van der Waals surface area (Å²) >= 11 is 0. The Labute approximate surface area is 163 Å². The average molecular weight is 385 g/mol. The van der Waals surface area contributed by atoms with E-state index in [1.54, 1.807) is 12.1 Å². The van der Waals surface area contributed by atoms with Crippen LogP contribution in [0, 0.1) is 5.82 Å². The number of amides is 2. The Morgan fingerprint density at radius 1 is 1.07 bits per heavy atom. The molecular formula is C21H24FN3O3. The van der Waals surface area contributed by atoms with Crippen molar-refractivity contribution < 1.29 is 18.7 Å². The lowest BCUT2D eigenvalue weighted by molar-refractivity contribution is 0.0916. The number of carbonyl (C=O) groups is 1. The Morgan fingerprint density at radius 2 is 1.79 bits per heavy atom. The van der Waals surface area contributed by atoms with Crippen molar-refractivity contribution in [1.82, 2.24) is 10.6 Å². The van der Waals surface area contributed by atoms with Crippen molar-refractivity contribution >= 4 is 11.7 Å². The zero-order chi connectivity index (χ0) is 19.3. The van der Waals surface area contributed by atoms with Gasteiger partial charge in [-0.3, -0.25) is 0 Å². The van der Waals surface area contributed by atoms with Crippen LogP contribution in [-0.4, -0.2) is 44.4 Å². The maximum absolute atomic E-state index is 13.0. The molecule has 0 spiro atoms. The molecule has 148 valence electrons. The number of hydrogen-bond acceptors (Lipinski definition) is 4. The molecule has 0 saturated carbocycles. The zero-order valence-electron chi connectivity index (χ0n) is 15.6. The van der Waals surface area contributed by atoms with Gasteiger partial charge in [-0.1, -0.05) is 12.1 Å². The first kappa shape index (κ1) is 18.4. The molecule has 1 unspecified atom stereocenters. The van der Waals surface area contributed by atoms with Gasteiger partial charge in [0.1, 0.15) is 12.4 Å². The van der Waals surface area contributed by atoms with E-state index >= 15 is 0 Å². The number of ether oxygens (including phenoxy) is 2. The van der Waals surface area contributed by atoms with Gasteiger partial charge in [-0.05, 0) is 49.2 Å². The molecule has 2 aromatic carbocycles. The Hall–Kier alpha value is -2.96. The predicted molar refractivity (Wildman–Crippen MR) is 105 cm³/mol. The van der Waals surface area contributed by atoms with Crippen LogP contribution in [0.3, 0.4) is 0 Å². The predicted octanol–water partition coefficient (Wildman–Crippen LogP) is 2.93. The van der Waals surface area contributed by atoms with Crippen molar-refractivity contribution in [3.63, 3.8) is 0 Å². The number of para-hydroxylation sites is 2. The van der Waals surface area contributed by atoms with Crippen LogP contribution in [0.4, 0.5) is 14.9 Å². The number of carbonyl (C=O) groups excluding carboxylic acids is 1. The van der Waals surface area contributed by atoms with Gasteiger partial charge in [-0.25, -0.2) is 9.18 Å². The molecule has 28 heavy (non-hydrogen) atoms. The molecule has 6 nitrogen and oxygen atoms in total. The van der Waals surface area contributed by atoms with Gasteiger partial charge in [0.15, 0.2) is 17.6 Å². The third kappa shape index (κ3) is 4.47. The summed E-state index contributed by atoms with van der Waals surface area (Å²) in [6, 6.07) is 14.0. The number of piperidine rings is 1. The van der Waals surface area contributed by atoms with Crippen LogP contribution in [0.5, 0.6) is 11.5 Å². The van der Waals surface area contributed by atoms with Crippen molar-refractivity contribution in [2.45, 2.75) is 25.0 Å². The van der Waals surface area contributed by atoms with Crippen LogP contribution < -0.4 is 25.0 Å². The second-order valence-electron chi connectivity index (χ2n) is 7.09. The third-order valence-electron chi connectivity index (χ3n) is 5.08. The van der Waals surface area contributed by atoms with Gasteiger partial charge in [-0.2, -0.15) is 0 Å². The molecule has 2 aliphatic heterocycles. The number of nitrogens with zero attached hydrogens (tertiary/aromatic N) is 1. The SMILES string of the molecule is O=C(NCC1COc2ccccc2O1)NC1CCN(c2ccc(F)cc2)CC1. The molecule has 2 aliphatic rings. The second-order valence-corrected chi connectivity index (χ2v) is 7.09. The van der Waals surface area contributed by atoms with Crippen LogP contribution in [0.1, 0.15) is 12.8 Å². The number of urea groups is 1. The monoisotopic (exact) mass is 385 g/mol. The molecular weight excluding hydrogens is 361 g/mol. The largest absolute Gasteiger partial charge is 0.486 e. The fourth-order valence-electron chi connectivity index (χ4n) is 3.54. The summed E-state index contributed by atoms with van der Waals surface area (Å²) in [5, 5.41) is 5.89. The van der Waals surface area contributed by atoms with Crippen molar-refractivity contribution in [1.29, 1.82) is 0 Å². The van der Waals surface area contributed by atoms with E-state index in [0.717, 1.165) is 37.4 Å². The van der Waals surface area contributed by atoms with E-state index < -0.39 is 0 Å². The molecule has 1 atom stereocenters. The lowest BCUT2D eigenvalue weighted by Gasteiger charge is -2.34. The molecule has 2 aromatic rings. The summed E-state index contributed by atoms with van der Waals surface area (Å²) in [7, 11) is 0. The summed E-state index contributed by atoms with van der Waals surface area (Å²) in [5.41, 5.74) is 1.01. The molecule has 1 fully saturated rings. The van der Waals surface area contributed by atoms with Gasteiger partial charge in [0.05, 0.1) is 6.54 Å². The highest BCUT2D eigenvalue weighted by molar-refractivity contribution is 5.74. The summed E-state index contributed by atoms with van der Waals surface area (Å²) in [4.78, 5) is 14.4. The maximum atomic E-state index is 13.0. The molecule has 0 radical (unpaired) electrons. The highest BCUT2D eigenvalue weighted by Crippen LogP contribution is 2.30. The molecule has 1 saturated heterocycles. The van der Waals surface area contributed by atoms with Crippen molar-refractivity contribution in [2.75, 3.05) is 31.1 Å². The Bertz CT molecular complexity index is 807. The van der Waals surface area contributed by atoms with E-state index in [9.17, 15) is 9.18 Å². The minimum Gasteiger partial charge on any atom is -0.486 e. The van der Waals surface area contributed by atoms with E-state index in [4.69, 9.17) is 9.47 Å². The van der Waals surface area contributed by atoms with Crippen LogP contribution in [0.25, 0.3) is 0 Å². The maximum Gasteiger partial charge on any atom is 0.315 e. The number of halogens is 1. The first-order chi connectivity index (χ1) is 13.7. The molecule has 2 N–H and O–H groups in total. The number of benzene rings is 2. The van der Waals surface area contributed by atoms with Gasteiger partial charge >= 0.3 is 6.03 Å². The van der Waals surface area contributed by atoms with Gasteiger partial charge < -0.3 is 25.0 Å². The van der Waals surface area contributed by atoms with E-state index in [2.05, 4.69) is 15.5 Å².